The van der Waals surface area contributed by atoms with Gasteiger partial charge in [-0.25, -0.2) is 13.2 Å². The Morgan fingerprint density at radius 3 is 2.38 bits per heavy atom. The summed E-state index contributed by atoms with van der Waals surface area (Å²) in [7, 11) is -2.82. The summed E-state index contributed by atoms with van der Waals surface area (Å²) in [5, 5.41) is 0. The second-order valence-electron chi connectivity index (χ2n) is 5.55. The summed E-state index contributed by atoms with van der Waals surface area (Å²) in [6.07, 6.45) is 1.68. The largest absolute Gasteiger partial charge is 0.462 e. The van der Waals surface area contributed by atoms with Gasteiger partial charge < -0.3 is 9.64 Å². The van der Waals surface area contributed by atoms with Crippen LogP contribution in [0.4, 0.5) is 0 Å². The molecule has 0 aliphatic carbocycles. The maximum Gasteiger partial charge on any atom is 0.340 e. The topological polar surface area (TPSA) is 63.7 Å². The Morgan fingerprint density at radius 1 is 1.08 bits per heavy atom. The van der Waals surface area contributed by atoms with E-state index in [4.69, 9.17) is 4.74 Å². The van der Waals surface area contributed by atoms with E-state index in [9.17, 15) is 13.2 Å². The molecule has 0 bridgehead atoms. The predicted molar refractivity (Wildman–Crippen MR) is 119 cm³/mol. The van der Waals surface area contributed by atoms with E-state index in [-0.39, 0.29) is 17.5 Å². The van der Waals surface area contributed by atoms with E-state index in [1.54, 1.807) is 0 Å². The van der Waals surface area contributed by atoms with Crippen LogP contribution in [0, 0.1) is 10.7 Å². The molecular weight excluding hydrogens is 671 g/mol. The first-order valence-corrected chi connectivity index (χ1v) is 12.6. The molecule has 1 fully saturated rings. The molecule has 0 spiro atoms. The van der Waals surface area contributed by atoms with E-state index in [1.807, 2.05) is 12.1 Å². The van der Waals surface area contributed by atoms with Gasteiger partial charge in [0.15, 0.2) is 9.84 Å². The van der Waals surface area contributed by atoms with Crippen molar-refractivity contribution in [1.82, 2.24) is 4.90 Å². The Labute approximate surface area is 183 Å². The first kappa shape index (κ1) is 21.1. The molecule has 0 atom stereocenters. The number of unbranched alkanes of at least 4 members (excludes halogenated alkanes) is 1. The highest BCUT2D eigenvalue weighted by molar-refractivity contribution is 14.1. The van der Waals surface area contributed by atoms with Gasteiger partial charge in [-0.2, -0.15) is 0 Å². The van der Waals surface area contributed by atoms with Crippen LogP contribution in [0.1, 0.15) is 23.2 Å². The zero-order valence-electron chi connectivity index (χ0n) is 12.9. The fraction of sp³-hybridized carbons (Fsp3) is 0.533. The Kier molecular flexibility index (Phi) is 8.48. The van der Waals surface area contributed by atoms with Crippen molar-refractivity contribution in [3.8, 4) is 0 Å². The van der Waals surface area contributed by atoms with Crippen LogP contribution in [0.25, 0.3) is 0 Å². The first-order valence-electron chi connectivity index (χ1n) is 7.53. The number of benzene rings is 1. The predicted octanol–water partition coefficient (Wildman–Crippen LogP) is 3.17. The van der Waals surface area contributed by atoms with Crippen LogP contribution >= 0.6 is 67.8 Å². The molecule has 1 aromatic rings. The van der Waals surface area contributed by atoms with Gasteiger partial charge in [0.05, 0.1) is 23.7 Å². The van der Waals surface area contributed by atoms with Crippen LogP contribution in [0.2, 0.25) is 0 Å². The lowest BCUT2D eigenvalue weighted by Gasteiger charge is -2.26. The summed E-state index contributed by atoms with van der Waals surface area (Å²) < 4.78 is 31.0. The van der Waals surface area contributed by atoms with Gasteiger partial charge in [-0.05, 0) is 99.3 Å². The number of hydrogen-bond donors (Lipinski definition) is 0. The summed E-state index contributed by atoms with van der Waals surface area (Å²) in [4.78, 5) is 14.4. The number of carbonyl (C=O) groups excluding carboxylic acids is 1. The van der Waals surface area contributed by atoms with Crippen molar-refractivity contribution in [2.45, 2.75) is 12.8 Å². The fourth-order valence-corrected chi connectivity index (χ4v) is 5.97. The normalized spacial score (nSPS) is 17.6. The summed E-state index contributed by atoms with van der Waals surface area (Å²) in [6.45, 7) is 2.47. The molecule has 1 saturated heterocycles. The minimum atomic E-state index is -2.82. The monoisotopic (exact) mass is 689 g/mol. The average Bonchev–Trinajstić information content (AvgIpc) is 2.52. The van der Waals surface area contributed by atoms with E-state index in [0.717, 1.165) is 30.1 Å². The van der Waals surface area contributed by atoms with Gasteiger partial charge in [0.2, 0.25) is 0 Å². The smallest absolute Gasteiger partial charge is 0.340 e. The van der Waals surface area contributed by atoms with Gasteiger partial charge in [0.1, 0.15) is 0 Å². The van der Waals surface area contributed by atoms with Crippen LogP contribution in [0.15, 0.2) is 12.1 Å². The van der Waals surface area contributed by atoms with Crippen molar-refractivity contribution >= 4 is 83.6 Å². The Hall–Kier alpha value is 0.790. The zero-order chi connectivity index (χ0) is 17.7. The lowest BCUT2D eigenvalue weighted by atomic mass is 10.2. The number of halogens is 3. The zero-order valence-corrected chi connectivity index (χ0v) is 20.2. The standard InChI is InChI=1S/C15H18I3NO4S/c16-11-3-4-12(17)14(18)13(11)15(20)23-8-2-1-5-19-6-9-24(21,22)10-7-19/h3-4H,1-2,5-10H2. The van der Waals surface area contributed by atoms with E-state index in [1.165, 1.54) is 0 Å². The van der Waals surface area contributed by atoms with E-state index in [2.05, 4.69) is 72.7 Å². The number of esters is 1. The van der Waals surface area contributed by atoms with Crippen molar-refractivity contribution < 1.29 is 17.9 Å². The van der Waals surface area contributed by atoms with E-state index in [0.29, 0.717) is 25.3 Å². The van der Waals surface area contributed by atoms with Gasteiger partial charge in [0, 0.05) is 23.8 Å². The van der Waals surface area contributed by atoms with Crippen LogP contribution in [-0.4, -0.2) is 57.0 Å². The molecule has 5 nitrogen and oxygen atoms in total. The van der Waals surface area contributed by atoms with Gasteiger partial charge in [-0.15, -0.1) is 0 Å². The maximum absolute atomic E-state index is 12.3. The molecule has 0 saturated carbocycles. The lowest BCUT2D eigenvalue weighted by molar-refractivity contribution is 0.0492. The molecule has 1 heterocycles. The molecule has 24 heavy (non-hydrogen) atoms. The van der Waals surface area contributed by atoms with Crippen molar-refractivity contribution in [2.75, 3.05) is 37.7 Å². The van der Waals surface area contributed by atoms with Gasteiger partial charge in [0.25, 0.3) is 0 Å². The van der Waals surface area contributed by atoms with E-state index < -0.39 is 9.84 Å². The van der Waals surface area contributed by atoms with Crippen LogP contribution < -0.4 is 0 Å². The van der Waals surface area contributed by atoms with Crippen molar-refractivity contribution in [3.05, 3.63) is 28.4 Å². The third kappa shape index (κ3) is 6.20. The second kappa shape index (κ2) is 9.65. The number of rotatable bonds is 6. The van der Waals surface area contributed by atoms with E-state index >= 15 is 0 Å². The minimum Gasteiger partial charge on any atom is -0.462 e. The molecule has 2 rings (SSSR count). The summed E-state index contributed by atoms with van der Waals surface area (Å²) >= 11 is 6.54. The van der Waals surface area contributed by atoms with Crippen molar-refractivity contribution in [2.24, 2.45) is 0 Å². The molecule has 0 radical (unpaired) electrons. The number of sulfone groups is 1. The molecular formula is C15H18I3NO4S. The second-order valence-corrected chi connectivity index (χ2v) is 11.3. The third-order valence-corrected chi connectivity index (χ3v) is 9.35. The summed E-state index contributed by atoms with van der Waals surface area (Å²) in [5.41, 5.74) is 0.643. The number of carbonyl (C=O) groups is 1. The lowest BCUT2D eigenvalue weighted by Crippen LogP contribution is -2.40. The number of hydrogen-bond acceptors (Lipinski definition) is 5. The van der Waals surface area contributed by atoms with Gasteiger partial charge >= 0.3 is 5.97 Å². The van der Waals surface area contributed by atoms with Crippen molar-refractivity contribution in [1.29, 1.82) is 0 Å². The van der Waals surface area contributed by atoms with Crippen LogP contribution in [0.3, 0.4) is 0 Å². The van der Waals surface area contributed by atoms with Crippen molar-refractivity contribution in [3.63, 3.8) is 0 Å². The van der Waals surface area contributed by atoms with Crippen LogP contribution in [-0.2, 0) is 14.6 Å². The molecule has 9 heteroatoms. The SMILES string of the molecule is O=C(OCCCCN1CCS(=O)(=O)CC1)c1c(I)ccc(I)c1I. The molecule has 0 amide bonds. The Bertz CT molecular complexity index is 695. The fourth-order valence-electron chi connectivity index (χ4n) is 2.36. The summed E-state index contributed by atoms with van der Waals surface area (Å²) in [5.74, 6) is 0.239. The third-order valence-electron chi connectivity index (χ3n) is 3.79. The summed E-state index contributed by atoms with van der Waals surface area (Å²) in [6, 6.07) is 3.91. The number of nitrogens with zero attached hydrogens (tertiary/aromatic N) is 1. The molecule has 0 unspecified atom stereocenters. The Balaban J connectivity index is 1.71. The molecule has 1 aromatic carbocycles. The minimum absolute atomic E-state index is 0.255. The average molecular weight is 689 g/mol. The van der Waals surface area contributed by atoms with Crippen LogP contribution in [0.5, 0.6) is 0 Å². The van der Waals surface area contributed by atoms with Gasteiger partial charge in [-0.1, -0.05) is 0 Å². The highest BCUT2D eigenvalue weighted by Gasteiger charge is 2.21. The Morgan fingerprint density at radius 2 is 1.71 bits per heavy atom. The molecule has 1 aliphatic rings. The van der Waals surface area contributed by atoms with Gasteiger partial charge in [-0.3, -0.25) is 0 Å². The molecule has 1 aliphatic heterocycles. The first-order chi connectivity index (χ1) is 11.3. The number of ether oxygens (including phenoxy) is 1. The molecule has 0 aromatic heterocycles. The quantitative estimate of drug-likeness (QED) is 0.199. The highest BCUT2D eigenvalue weighted by atomic mass is 127. The highest BCUT2D eigenvalue weighted by Crippen LogP contribution is 2.25. The maximum atomic E-state index is 12.3. The molecule has 134 valence electrons. The molecule has 0 N–H and O–H groups in total.